The van der Waals surface area contributed by atoms with Gasteiger partial charge in [-0.15, -0.1) is 0 Å². The lowest BCUT2D eigenvalue weighted by molar-refractivity contribution is -0.115. The van der Waals surface area contributed by atoms with Crippen LogP contribution >= 0.6 is 15.9 Å². The van der Waals surface area contributed by atoms with Crippen LogP contribution in [0, 0.1) is 0 Å². The molecule has 0 unspecified atom stereocenters. The van der Waals surface area contributed by atoms with Crippen LogP contribution in [-0.4, -0.2) is 16.9 Å². The maximum Gasteiger partial charge on any atom is 0.228 e. The number of rotatable bonds is 5. The van der Waals surface area contributed by atoms with Gasteiger partial charge in [0.2, 0.25) is 5.91 Å². The number of halogens is 1. The number of hydrogen-bond acceptors (Lipinski definition) is 3. The van der Waals surface area contributed by atoms with E-state index in [1.165, 1.54) is 12.8 Å². The molecule has 0 spiro atoms. The Morgan fingerprint density at radius 1 is 1.19 bits per heavy atom. The normalized spacial score (nSPS) is 13.8. The van der Waals surface area contributed by atoms with E-state index >= 15 is 0 Å². The van der Waals surface area contributed by atoms with Crippen LogP contribution < -0.4 is 10.6 Å². The number of benzene rings is 1. The summed E-state index contributed by atoms with van der Waals surface area (Å²) in [6.07, 6.45) is 4.47. The Bertz CT molecular complexity index is 621. The summed E-state index contributed by atoms with van der Waals surface area (Å²) >= 11 is 3.38. The van der Waals surface area contributed by atoms with E-state index in [1.807, 2.05) is 36.4 Å². The van der Waals surface area contributed by atoms with Gasteiger partial charge in [0.15, 0.2) is 0 Å². The maximum absolute atomic E-state index is 12.0. The van der Waals surface area contributed by atoms with Crippen LogP contribution in [0.3, 0.4) is 0 Å². The van der Waals surface area contributed by atoms with Gasteiger partial charge in [0.25, 0.3) is 0 Å². The Kier molecular flexibility index (Phi) is 4.20. The highest BCUT2D eigenvalue weighted by Gasteiger charge is 2.21. The van der Waals surface area contributed by atoms with E-state index in [-0.39, 0.29) is 5.91 Å². The summed E-state index contributed by atoms with van der Waals surface area (Å²) in [7, 11) is 0. The van der Waals surface area contributed by atoms with Gasteiger partial charge in [0, 0.05) is 10.5 Å². The zero-order valence-electron chi connectivity index (χ0n) is 11.5. The van der Waals surface area contributed by atoms with Crippen molar-refractivity contribution in [2.75, 3.05) is 10.6 Å². The average molecular weight is 346 g/mol. The van der Waals surface area contributed by atoms with Crippen LogP contribution in [0.4, 0.5) is 11.5 Å². The Hall–Kier alpha value is -1.88. The fourth-order valence-corrected chi connectivity index (χ4v) is 2.25. The lowest BCUT2D eigenvalue weighted by Crippen LogP contribution is -2.14. The summed E-state index contributed by atoms with van der Waals surface area (Å²) in [6, 6.07) is 12.1. The first-order chi connectivity index (χ1) is 10.2. The third kappa shape index (κ3) is 4.29. The van der Waals surface area contributed by atoms with E-state index in [1.54, 1.807) is 6.20 Å². The molecular formula is C16H16BrN3O. The molecule has 3 rings (SSSR count). The lowest BCUT2D eigenvalue weighted by Gasteiger charge is -2.07. The summed E-state index contributed by atoms with van der Waals surface area (Å²) < 4.78 is 1.01. The molecule has 21 heavy (non-hydrogen) atoms. The van der Waals surface area contributed by atoms with Gasteiger partial charge >= 0.3 is 0 Å². The van der Waals surface area contributed by atoms with Crippen LogP contribution in [0.2, 0.25) is 0 Å². The Labute approximate surface area is 132 Å². The molecule has 0 saturated heterocycles. The predicted molar refractivity (Wildman–Crippen MR) is 87.4 cm³/mol. The van der Waals surface area contributed by atoms with Crippen molar-refractivity contribution in [3.63, 3.8) is 0 Å². The van der Waals surface area contributed by atoms with Gasteiger partial charge in [0.1, 0.15) is 5.82 Å². The number of pyridine rings is 1. The largest absolute Gasteiger partial charge is 0.367 e. The summed E-state index contributed by atoms with van der Waals surface area (Å²) in [5, 5.41) is 6.17. The molecule has 0 aliphatic heterocycles. The van der Waals surface area contributed by atoms with Crippen LogP contribution in [0.25, 0.3) is 0 Å². The molecule has 4 nitrogen and oxygen atoms in total. The second kappa shape index (κ2) is 6.26. The molecule has 5 heteroatoms. The van der Waals surface area contributed by atoms with Crippen LogP contribution in [-0.2, 0) is 11.2 Å². The quantitative estimate of drug-likeness (QED) is 0.870. The molecule has 1 saturated carbocycles. The molecule has 1 heterocycles. The summed E-state index contributed by atoms with van der Waals surface area (Å²) in [6.45, 7) is 0. The van der Waals surface area contributed by atoms with E-state index in [9.17, 15) is 4.79 Å². The number of aromatic nitrogens is 1. The minimum atomic E-state index is -0.0398. The first kappa shape index (κ1) is 14.1. The number of carbonyl (C=O) groups excluding carboxylic acids is 1. The van der Waals surface area contributed by atoms with Gasteiger partial charge < -0.3 is 10.6 Å². The highest BCUT2D eigenvalue weighted by Crippen LogP contribution is 2.24. The molecule has 1 fully saturated rings. The number of carbonyl (C=O) groups is 1. The van der Waals surface area contributed by atoms with Crippen molar-refractivity contribution in [1.82, 2.24) is 4.98 Å². The molecule has 2 aromatic rings. The number of amides is 1. The van der Waals surface area contributed by atoms with Gasteiger partial charge in [-0.2, -0.15) is 0 Å². The van der Waals surface area contributed by atoms with Crippen molar-refractivity contribution in [3.05, 3.63) is 52.6 Å². The summed E-state index contributed by atoms with van der Waals surface area (Å²) in [5.41, 5.74) is 1.70. The lowest BCUT2D eigenvalue weighted by atomic mass is 10.1. The molecule has 108 valence electrons. The first-order valence-electron chi connectivity index (χ1n) is 6.96. The van der Waals surface area contributed by atoms with E-state index in [4.69, 9.17) is 0 Å². The van der Waals surface area contributed by atoms with Crippen molar-refractivity contribution < 1.29 is 4.79 Å². The van der Waals surface area contributed by atoms with Gasteiger partial charge in [-0.05, 0) is 42.7 Å². The Morgan fingerprint density at radius 3 is 2.57 bits per heavy atom. The zero-order valence-corrected chi connectivity index (χ0v) is 13.1. The topological polar surface area (TPSA) is 54.0 Å². The number of nitrogens with one attached hydrogen (secondary N) is 2. The Morgan fingerprint density at radius 2 is 1.95 bits per heavy atom. The number of nitrogens with zero attached hydrogens (tertiary/aromatic N) is 1. The molecule has 1 aliphatic carbocycles. The number of hydrogen-bond donors (Lipinski definition) is 2. The van der Waals surface area contributed by atoms with Crippen LogP contribution in [0.15, 0.2) is 47.1 Å². The summed E-state index contributed by atoms with van der Waals surface area (Å²) in [5.74, 6) is 0.824. The zero-order chi connectivity index (χ0) is 14.7. The standard InChI is InChI=1S/C16H16BrN3O/c17-12-3-1-11(2-4-12)9-16(21)20-14-7-8-15(18-10-14)19-13-5-6-13/h1-4,7-8,10,13H,5-6,9H2,(H,18,19)(H,20,21). The van der Waals surface area contributed by atoms with Crippen molar-refractivity contribution in [1.29, 1.82) is 0 Å². The van der Waals surface area contributed by atoms with Gasteiger partial charge in [-0.3, -0.25) is 4.79 Å². The van der Waals surface area contributed by atoms with Crippen molar-refractivity contribution in [2.45, 2.75) is 25.3 Å². The molecule has 0 atom stereocenters. The van der Waals surface area contributed by atoms with Crippen LogP contribution in [0.1, 0.15) is 18.4 Å². The van der Waals surface area contributed by atoms with E-state index in [2.05, 4.69) is 31.5 Å². The van der Waals surface area contributed by atoms with E-state index in [0.29, 0.717) is 12.5 Å². The highest BCUT2D eigenvalue weighted by molar-refractivity contribution is 9.10. The minimum absolute atomic E-state index is 0.0398. The molecular weight excluding hydrogens is 330 g/mol. The Balaban J connectivity index is 1.55. The number of anilines is 2. The smallest absolute Gasteiger partial charge is 0.228 e. The maximum atomic E-state index is 12.0. The molecule has 0 radical (unpaired) electrons. The second-order valence-corrected chi connectivity index (χ2v) is 6.12. The summed E-state index contributed by atoms with van der Waals surface area (Å²) in [4.78, 5) is 16.3. The molecule has 2 N–H and O–H groups in total. The average Bonchev–Trinajstić information content (AvgIpc) is 3.28. The monoisotopic (exact) mass is 345 g/mol. The first-order valence-corrected chi connectivity index (χ1v) is 7.75. The molecule has 1 aromatic heterocycles. The molecule has 1 aromatic carbocycles. The predicted octanol–water partition coefficient (Wildman–Crippen LogP) is 3.60. The molecule has 1 amide bonds. The third-order valence-corrected chi connectivity index (χ3v) is 3.78. The molecule has 1 aliphatic rings. The SMILES string of the molecule is O=C(Cc1ccc(Br)cc1)Nc1ccc(NC2CC2)nc1. The van der Waals surface area contributed by atoms with Crippen molar-refractivity contribution in [2.24, 2.45) is 0 Å². The van der Waals surface area contributed by atoms with Gasteiger partial charge in [-0.1, -0.05) is 28.1 Å². The second-order valence-electron chi connectivity index (χ2n) is 5.20. The van der Waals surface area contributed by atoms with E-state index < -0.39 is 0 Å². The van der Waals surface area contributed by atoms with E-state index in [0.717, 1.165) is 21.5 Å². The fourth-order valence-electron chi connectivity index (χ4n) is 1.98. The highest BCUT2D eigenvalue weighted by atomic mass is 79.9. The van der Waals surface area contributed by atoms with Gasteiger partial charge in [-0.25, -0.2) is 4.98 Å². The molecule has 0 bridgehead atoms. The van der Waals surface area contributed by atoms with Crippen molar-refractivity contribution >= 4 is 33.3 Å². The fraction of sp³-hybridized carbons (Fsp3) is 0.250. The minimum Gasteiger partial charge on any atom is -0.367 e. The third-order valence-electron chi connectivity index (χ3n) is 3.25. The van der Waals surface area contributed by atoms with Crippen LogP contribution in [0.5, 0.6) is 0 Å². The van der Waals surface area contributed by atoms with Crippen molar-refractivity contribution in [3.8, 4) is 0 Å². The van der Waals surface area contributed by atoms with Gasteiger partial charge in [0.05, 0.1) is 18.3 Å².